The summed E-state index contributed by atoms with van der Waals surface area (Å²) >= 11 is 17.8. The standard InChI is InChI=1S/2C20H27N4PSSe.Au/c2*1-17-23(2)22-20(26)24(17)16-10-9-15-21-25(27,18-11-5-3-6-12-18)19-13-7-4-8-14-19;/h2*3-8,11-14,17H,9-10,15-16H2,1-2H3,(H,21,27)(H,22,26);/q;;+3/p-2. The normalized spacial score (nSPS) is 16.9. The minimum absolute atomic E-state index is 0. The van der Waals surface area contributed by atoms with Crippen molar-refractivity contribution in [3.05, 3.63) is 121 Å². The first-order chi connectivity index (χ1) is 26.0. The van der Waals surface area contributed by atoms with E-state index in [4.69, 9.17) is 25.3 Å². The van der Waals surface area contributed by atoms with Crippen molar-refractivity contribution in [2.75, 3.05) is 40.3 Å². The van der Waals surface area contributed by atoms with Crippen LogP contribution < -0.4 is 31.4 Å². The topological polar surface area (TPSA) is 61.7 Å². The zero-order valence-corrected chi connectivity index (χ0v) is 40.9. The summed E-state index contributed by atoms with van der Waals surface area (Å²) in [5.41, 5.74) is -3.43. The maximum Gasteiger partial charge on any atom is 3.00 e. The van der Waals surface area contributed by atoms with Crippen LogP contribution in [0.15, 0.2) is 132 Å². The number of unbranched alkanes of at least 4 members (excludes halogenated alkanes) is 2. The third-order valence-corrected chi connectivity index (χ3v) is 22.8. The molecule has 0 spiro atoms. The maximum atomic E-state index is 5.36. The second-order valence-corrected chi connectivity index (χ2v) is 26.1. The van der Waals surface area contributed by atoms with Crippen molar-refractivity contribution in [1.29, 1.82) is 0 Å². The summed E-state index contributed by atoms with van der Waals surface area (Å²) in [7, 11) is 3.95. The summed E-state index contributed by atoms with van der Waals surface area (Å²) in [5.74, 6) is 0. The number of nitrogens with zero attached hydrogens (tertiary/aromatic N) is 6. The molecule has 0 saturated carbocycles. The van der Waals surface area contributed by atoms with Crippen LogP contribution in [0.2, 0.25) is 0 Å². The molecule has 6 rings (SSSR count). The Hall–Kier alpha value is -1.58. The van der Waals surface area contributed by atoms with E-state index < -0.39 is 11.3 Å². The molecule has 4 aromatic rings. The van der Waals surface area contributed by atoms with E-state index in [0.717, 1.165) is 51.9 Å². The summed E-state index contributed by atoms with van der Waals surface area (Å²) in [6, 6.07) is 42.9. The fourth-order valence-electron chi connectivity index (χ4n) is 6.34. The third kappa shape index (κ3) is 12.2. The number of benzene rings is 4. The molecule has 4 aromatic carbocycles. The fourth-order valence-corrected chi connectivity index (χ4v) is 15.9. The molecular formula is C40H52AuN8P2S2Se2+. The van der Waals surface area contributed by atoms with Gasteiger partial charge in [-0.25, -0.2) is 0 Å². The summed E-state index contributed by atoms with van der Waals surface area (Å²) in [6.45, 7) is 8.11. The van der Waals surface area contributed by atoms with Gasteiger partial charge in [-0.2, -0.15) is 0 Å². The van der Waals surface area contributed by atoms with Crippen molar-refractivity contribution < 1.29 is 22.4 Å². The van der Waals surface area contributed by atoms with E-state index in [-0.39, 0.29) is 34.7 Å². The van der Waals surface area contributed by atoms with Gasteiger partial charge >= 0.3 is 374 Å². The molecule has 0 amide bonds. The number of hydrogen-bond donors (Lipinski definition) is 2. The molecule has 2 atom stereocenters. The van der Waals surface area contributed by atoms with Crippen LogP contribution in [0.4, 0.5) is 0 Å². The van der Waals surface area contributed by atoms with Crippen molar-refractivity contribution in [3.8, 4) is 0 Å². The molecule has 0 saturated heterocycles. The molecule has 0 bridgehead atoms. The second kappa shape index (κ2) is 22.5. The van der Waals surface area contributed by atoms with Gasteiger partial charge in [0.05, 0.1) is 0 Å². The first-order valence-corrected chi connectivity index (χ1v) is 27.3. The van der Waals surface area contributed by atoms with Gasteiger partial charge < -0.3 is 0 Å². The van der Waals surface area contributed by atoms with Crippen molar-refractivity contribution in [2.45, 2.75) is 51.9 Å². The summed E-state index contributed by atoms with van der Waals surface area (Å²) in [4.78, 5) is 4.40. The van der Waals surface area contributed by atoms with E-state index in [9.17, 15) is 0 Å². The smallest absolute Gasteiger partial charge is 3.00 e. The minimum atomic E-state index is -1.71. The van der Waals surface area contributed by atoms with Crippen LogP contribution >= 0.6 is 11.3 Å². The van der Waals surface area contributed by atoms with Gasteiger partial charge in [0.25, 0.3) is 0 Å². The van der Waals surface area contributed by atoms with Gasteiger partial charge in [0, 0.05) is 0 Å². The average molecular weight is 1130 g/mol. The van der Waals surface area contributed by atoms with Gasteiger partial charge in [0.1, 0.15) is 0 Å². The molecule has 0 fully saturated rings. The van der Waals surface area contributed by atoms with Crippen LogP contribution in [-0.4, -0.2) is 113 Å². The predicted octanol–water partition coefficient (Wildman–Crippen LogP) is 4.87. The number of hydrogen-bond acceptors (Lipinski definition) is 10. The molecule has 2 aliphatic heterocycles. The molecular weight excluding hydrogens is 1070 g/mol. The van der Waals surface area contributed by atoms with Gasteiger partial charge in [-0.15, -0.1) is 0 Å². The zero-order chi connectivity index (χ0) is 38.6. The quantitative estimate of drug-likeness (QED) is 0.0715. The first kappa shape index (κ1) is 46.1. The van der Waals surface area contributed by atoms with E-state index in [1.165, 1.54) is 21.2 Å². The third-order valence-electron chi connectivity index (χ3n) is 9.76. The van der Waals surface area contributed by atoms with Crippen molar-refractivity contribution in [3.63, 3.8) is 0 Å². The summed E-state index contributed by atoms with van der Waals surface area (Å²) in [6.07, 6.45) is 4.88. The number of amidine groups is 2. The second-order valence-electron chi connectivity index (χ2n) is 13.4. The SMILES string of the molecule is CC1N(C)N=C([S-])N1CCCCNP(=[Se])(c1ccccc1)c1ccccc1.CC1N(C)N=C([S-])N1CCCCNP(=[Se])(c1ccccc1)c1ccccc1.[Au+3]. The number of nitrogens with one attached hydrogen (secondary N) is 2. The fraction of sp³-hybridized carbons (Fsp3) is 0.350. The van der Waals surface area contributed by atoms with E-state index >= 15 is 0 Å². The number of hydrazone groups is 2. The largest absolute Gasteiger partial charge is 3.00 e. The Morgan fingerprint density at radius 3 is 1.04 bits per heavy atom. The van der Waals surface area contributed by atoms with Crippen LogP contribution in [-0.2, 0) is 47.6 Å². The molecule has 296 valence electrons. The van der Waals surface area contributed by atoms with Crippen LogP contribution in [0.1, 0.15) is 39.5 Å². The molecule has 2 heterocycles. The molecule has 0 aliphatic carbocycles. The summed E-state index contributed by atoms with van der Waals surface area (Å²) in [5, 5.41) is 27.0. The van der Waals surface area contributed by atoms with Gasteiger partial charge in [-0.1, -0.05) is 0 Å². The summed E-state index contributed by atoms with van der Waals surface area (Å²) < 4.78 is 0. The molecule has 55 heavy (non-hydrogen) atoms. The minimum Gasteiger partial charge on any atom is 3.00 e. The molecule has 2 unspecified atom stereocenters. The van der Waals surface area contributed by atoms with E-state index in [1.807, 2.05) is 24.1 Å². The molecule has 0 aromatic heterocycles. The van der Waals surface area contributed by atoms with Crippen LogP contribution in [0.3, 0.4) is 0 Å². The van der Waals surface area contributed by atoms with Crippen molar-refractivity contribution in [1.82, 2.24) is 30.0 Å². The maximum absolute atomic E-state index is 5.36. The van der Waals surface area contributed by atoms with Gasteiger partial charge in [0.15, 0.2) is 0 Å². The van der Waals surface area contributed by atoms with Crippen LogP contribution in [0.5, 0.6) is 0 Å². The Balaban J connectivity index is 0.000000240. The Morgan fingerprint density at radius 2 is 0.800 bits per heavy atom. The Labute approximate surface area is 371 Å². The molecule has 0 radical (unpaired) electrons. The van der Waals surface area contributed by atoms with Gasteiger partial charge in [0.2, 0.25) is 0 Å². The van der Waals surface area contributed by atoms with Gasteiger partial charge in [-0.3, -0.25) is 0 Å². The first-order valence-electron chi connectivity index (χ1n) is 18.5. The van der Waals surface area contributed by atoms with Crippen molar-refractivity contribution in [2.24, 2.45) is 10.2 Å². The Bertz CT molecular complexity index is 1690. The molecule has 2 N–H and O–H groups in total. The van der Waals surface area contributed by atoms with E-state index in [1.54, 1.807) is 0 Å². The predicted molar refractivity (Wildman–Crippen MR) is 242 cm³/mol. The van der Waals surface area contributed by atoms with Crippen LogP contribution in [0, 0.1) is 0 Å². The Kier molecular flexibility index (Phi) is 18.9. The van der Waals surface area contributed by atoms with Gasteiger partial charge in [-0.05, 0) is 0 Å². The van der Waals surface area contributed by atoms with E-state index in [0.29, 0.717) is 10.3 Å². The van der Waals surface area contributed by atoms with Crippen LogP contribution in [0.25, 0.3) is 0 Å². The van der Waals surface area contributed by atoms with E-state index in [2.05, 4.69) is 196 Å². The molecule has 15 heteroatoms. The van der Waals surface area contributed by atoms with Crippen molar-refractivity contribution >= 4 is 98.3 Å². The zero-order valence-electron chi connectivity index (χ0n) is 31.9. The average Bonchev–Trinajstić information content (AvgIpc) is 3.60. The molecule has 8 nitrogen and oxygen atoms in total. The monoisotopic (exact) mass is 1130 g/mol. The Morgan fingerprint density at radius 1 is 0.527 bits per heavy atom. The number of rotatable bonds is 16. The molecule has 2 aliphatic rings.